The molecule has 0 unspecified atom stereocenters. The number of rotatable bonds is 17. The van der Waals surface area contributed by atoms with Crippen LogP contribution >= 0.6 is 7.60 Å². The Balaban J connectivity index is 0.000000345. The molecule has 0 spiro atoms. The summed E-state index contributed by atoms with van der Waals surface area (Å²) in [5.74, 6) is 0. The molecule has 0 aromatic heterocycles. The van der Waals surface area contributed by atoms with E-state index < -0.39 is 7.60 Å². The van der Waals surface area contributed by atoms with Crippen molar-refractivity contribution in [3.63, 3.8) is 0 Å². The minimum Gasteiger partial charge on any atom is -0.311 e. The lowest BCUT2D eigenvalue weighted by atomic mass is 10.0. The number of carbonyl (C=O) groups is 1. The lowest BCUT2D eigenvalue weighted by molar-refractivity contribution is 0.112. The van der Waals surface area contributed by atoms with Gasteiger partial charge in [-0.1, -0.05) is 119 Å². The number of aryl methyl sites for hydroxylation is 4. The van der Waals surface area contributed by atoms with Gasteiger partial charge in [-0.15, -0.1) is 0 Å². The van der Waals surface area contributed by atoms with Crippen LogP contribution in [0.2, 0.25) is 0 Å². The van der Waals surface area contributed by atoms with Gasteiger partial charge < -0.3 is 18.8 Å². The van der Waals surface area contributed by atoms with Crippen LogP contribution in [0, 0.1) is 68.3 Å². The molecule has 0 heterocycles. The summed E-state index contributed by atoms with van der Waals surface area (Å²) in [7, 11) is -3.38. The summed E-state index contributed by atoms with van der Waals surface area (Å²) in [4.78, 5) is 19.2. The largest absolute Gasteiger partial charge is 0.335 e. The number of nitriles is 3. The third-order valence-electron chi connectivity index (χ3n) is 12.5. The van der Waals surface area contributed by atoms with E-state index in [9.17, 15) is 14.6 Å². The molecule has 0 aliphatic carbocycles. The van der Waals surface area contributed by atoms with Gasteiger partial charge in [-0.05, 0) is 166 Å². The van der Waals surface area contributed by atoms with Gasteiger partial charge in [0.2, 0.25) is 0 Å². The van der Waals surface area contributed by atoms with Gasteiger partial charge in [0.1, 0.15) is 0 Å². The van der Waals surface area contributed by atoms with Crippen LogP contribution in [0.1, 0.15) is 91.0 Å². The number of anilines is 6. The standard InChI is InChI=1S/C52H42N4.C14H15N2O4P/c1-37-6-22-46(23-7-37)55(47-24-8-38(2)9-25-47)50-30-16-41(17-31-50)14-20-43-35-52(54-5)44(34-45(43)36-53)21-15-42-18-32-51(33-19-42)56(48-26-10-39(3)11-27-48)49-28-12-40(4)13-29-49;1-3-19-21(18,20-4-2)10-14-6-11(7-15)13(9-17)5-12(14)8-16/h6-35H,1-4H3;5-6,9H,3-4,10H2,1-2H3/b20-14+,21-15+;. The summed E-state index contributed by atoms with van der Waals surface area (Å²) in [6.07, 6.45) is 8.20. The molecule has 0 amide bonds. The Bertz CT molecular complexity index is 3350. The first-order chi connectivity index (χ1) is 37.3. The van der Waals surface area contributed by atoms with Gasteiger partial charge in [-0.25, -0.2) is 4.85 Å². The fourth-order valence-corrected chi connectivity index (χ4v) is 10.1. The average molecular weight is 1030 g/mol. The Morgan fingerprint density at radius 2 is 0.818 bits per heavy atom. The molecule has 10 nitrogen and oxygen atoms in total. The molecule has 8 aromatic carbocycles. The fraction of sp³-hybridized carbons (Fsp3) is 0.136. The molecule has 380 valence electrons. The van der Waals surface area contributed by atoms with Crippen LogP contribution in [0.3, 0.4) is 0 Å². The van der Waals surface area contributed by atoms with Gasteiger partial charge in [-0.2, -0.15) is 15.8 Å². The molecule has 77 heavy (non-hydrogen) atoms. The summed E-state index contributed by atoms with van der Waals surface area (Å²) in [5.41, 5.74) is 16.5. The van der Waals surface area contributed by atoms with Crippen molar-refractivity contribution in [3.8, 4) is 18.2 Å². The predicted molar refractivity (Wildman–Crippen MR) is 312 cm³/mol. The zero-order valence-electron chi connectivity index (χ0n) is 43.9. The van der Waals surface area contributed by atoms with Crippen LogP contribution < -0.4 is 9.80 Å². The van der Waals surface area contributed by atoms with Gasteiger partial charge in [0.15, 0.2) is 12.0 Å². The molecule has 8 aromatic rings. The summed E-state index contributed by atoms with van der Waals surface area (Å²) >= 11 is 0. The molecule has 0 aliphatic rings. The molecule has 11 heteroatoms. The lowest BCUT2D eigenvalue weighted by Crippen LogP contribution is -2.09. The van der Waals surface area contributed by atoms with Gasteiger partial charge in [0.25, 0.3) is 0 Å². The maximum atomic E-state index is 12.5. The second-order valence-corrected chi connectivity index (χ2v) is 20.2. The van der Waals surface area contributed by atoms with E-state index in [1.54, 1.807) is 26.0 Å². The van der Waals surface area contributed by atoms with E-state index in [1.807, 2.05) is 36.4 Å². The molecule has 0 bridgehead atoms. The highest BCUT2D eigenvalue weighted by molar-refractivity contribution is 7.53. The third kappa shape index (κ3) is 14.3. The van der Waals surface area contributed by atoms with Gasteiger partial charge in [-0.3, -0.25) is 9.36 Å². The Morgan fingerprint density at radius 1 is 0.481 bits per heavy atom. The highest BCUT2D eigenvalue weighted by Crippen LogP contribution is 2.52. The van der Waals surface area contributed by atoms with E-state index in [-0.39, 0.29) is 36.1 Å². The van der Waals surface area contributed by atoms with E-state index in [0.717, 1.165) is 45.3 Å². The quantitative estimate of drug-likeness (QED) is 0.0378. The zero-order chi connectivity index (χ0) is 54.9. The van der Waals surface area contributed by atoms with Crippen molar-refractivity contribution in [2.24, 2.45) is 0 Å². The fourth-order valence-electron chi connectivity index (χ4n) is 8.42. The van der Waals surface area contributed by atoms with Crippen LogP contribution in [0.4, 0.5) is 39.8 Å². The lowest BCUT2D eigenvalue weighted by Gasteiger charge is -2.26. The van der Waals surface area contributed by atoms with Crippen molar-refractivity contribution in [1.29, 1.82) is 15.8 Å². The minimum atomic E-state index is -3.38. The first kappa shape index (κ1) is 55.4. The smallest absolute Gasteiger partial charge is 0.311 e. The topological polar surface area (TPSA) is 135 Å². The van der Waals surface area contributed by atoms with E-state index in [1.165, 1.54) is 34.4 Å². The zero-order valence-corrected chi connectivity index (χ0v) is 44.8. The average Bonchev–Trinajstić information content (AvgIpc) is 3.45. The highest BCUT2D eigenvalue weighted by atomic mass is 31.2. The van der Waals surface area contributed by atoms with Crippen molar-refractivity contribution in [3.05, 3.63) is 254 Å². The number of benzene rings is 8. The second-order valence-electron chi connectivity index (χ2n) is 18.1. The SMILES string of the molecule is CCOP(=O)(Cc1cc(C#N)c(C=O)cc1C#N)OCC.[C-]#[N+]c1cc(/C=C/c2ccc(N(c3ccc(C)cc3)c3ccc(C)cc3)cc2)c(C#N)cc1/C=C/c1ccc(N(c2ccc(C)cc2)c2ccc(C)cc2)cc1. The van der Waals surface area contributed by atoms with E-state index in [4.69, 9.17) is 26.1 Å². The second kappa shape index (κ2) is 26.2. The molecule has 0 saturated carbocycles. The minimum absolute atomic E-state index is 0.120. The van der Waals surface area contributed by atoms with Gasteiger partial charge in [0, 0.05) is 39.7 Å². The third-order valence-corrected chi connectivity index (χ3v) is 14.5. The van der Waals surface area contributed by atoms with E-state index >= 15 is 0 Å². The first-order valence-corrected chi connectivity index (χ1v) is 26.7. The van der Waals surface area contributed by atoms with Gasteiger partial charge >= 0.3 is 7.60 Å². The van der Waals surface area contributed by atoms with Crippen molar-refractivity contribution < 1.29 is 18.4 Å². The maximum Gasteiger partial charge on any atom is 0.335 e. The summed E-state index contributed by atoms with van der Waals surface area (Å²) in [6, 6.07) is 63.4. The van der Waals surface area contributed by atoms with Crippen LogP contribution in [0.25, 0.3) is 29.1 Å². The van der Waals surface area contributed by atoms with E-state index in [2.05, 4.69) is 194 Å². The summed E-state index contributed by atoms with van der Waals surface area (Å²) in [5, 5.41) is 28.3. The maximum absolute atomic E-state index is 12.5. The Labute approximate surface area is 452 Å². The molecule has 0 N–H and O–H groups in total. The Kier molecular flexibility index (Phi) is 18.8. The Morgan fingerprint density at radius 3 is 1.16 bits per heavy atom. The summed E-state index contributed by atoms with van der Waals surface area (Å²) in [6.45, 7) is 20.1. The van der Waals surface area contributed by atoms with Crippen molar-refractivity contribution in [1.82, 2.24) is 0 Å². The Hall–Kier alpha value is -9.38. The predicted octanol–water partition coefficient (Wildman–Crippen LogP) is 17.6. The molecular formula is C66H57N6O4P. The number of nitrogens with zero attached hydrogens (tertiary/aromatic N) is 6. The van der Waals surface area contributed by atoms with Crippen molar-refractivity contribution in [2.75, 3.05) is 23.0 Å². The molecule has 0 aliphatic heterocycles. The molecule has 0 fully saturated rings. The van der Waals surface area contributed by atoms with Crippen molar-refractivity contribution in [2.45, 2.75) is 47.7 Å². The molecule has 0 saturated heterocycles. The number of carbonyl (C=O) groups excluding carboxylic acids is 1. The number of hydrogen-bond acceptors (Lipinski definition) is 9. The van der Waals surface area contributed by atoms with E-state index in [0.29, 0.717) is 34.2 Å². The molecule has 0 atom stereocenters. The van der Waals surface area contributed by atoms with Crippen LogP contribution in [0.15, 0.2) is 170 Å². The van der Waals surface area contributed by atoms with Crippen LogP contribution in [-0.4, -0.2) is 19.5 Å². The van der Waals surface area contributed by atoms with Crippen LogP contribution in [0.5, 0.6) is 0 Å². The number of aldehydes is 1. The van der Waals surface area contributed by atoms with Gasteiger partial charge in [0.05, 0.1) is 60.8 Å². The number of hydrogen-bond donors (Lipinski definition) is 0. The molecular weight excluding hydrogens is 972 g/mol. The van der Waals surface area contributed by atoms with Crippen molar-refractivity contribution >= 4 is 78.0 Å². The monoisotopic (exact) mass is 1030 g/mol. The molecule has 0 radical (unpaired) electrons. The normalized spacial score (nSPS) is 10.9. The molecule has 8 rings (SSSR count). The highest BCUT2D eigenvalue weighted by Gasteiger charge is 2.26. The summed E-state index contributed by atoms with van der Waals surface area (Å²) < 4.78 is 22.8. The van der Waals surface area contributed by atoms with Crippen LogP contribution in [-0.2, 0) is 19.8 Å². The first-order valence-electron chi connectivity index (χ1n) is 25.0.